The van der Waals surface area contributed by atoms with Crippen molar-refractivity contribution in [3.05, 3.63) is 40.5 Å². The zero-order chi connectivity index (χ0) is 14.0. The topological polar surface area (TPSA) is 173 Å². The van der Waals surface area contributed by atoms with Crippen LogP contribution >= 0.6 is 0 Å². The SMILES string of the molecule is O=[N+]([O-])[C](F)([Hg][C](F)([N+](=O)[O-])[N+](=O)[O-])[N+](=O)[O-]. The first-order valence-electron chi connectivity index (χ1n) is 3.44. The van der Waals surface area contributed by atoms with Gasteiger partial charge in [0, 0.05) is 0 Å². The van der Waals surface area contributed by atoms with Gasteiger partial charge in [-0.25, -0.2) is 0 Å². The molecule has 0 amide bonds. The molecule has 17 heavy (non-hydrogen) atoms. The molecule has 0 aliphatic carbocycles. The summed E-state index contributed by atoms with van der Waals surface area (Å²) >= 11 is -5.16. The van der Waals surface area contributed by atoms with Crippen LogP contribution in [0.3, 0.4) is 0 Å². The van der Waals surface area contributed by atoms with Gasteiger partial charge in [-0.15, -0.1) is 0 Å². The van der Waals surface area contributed by atoms with E-state index in [2.05, 4.69) is 0 Å². The van der Waals surface area contributed by atoms with E-state index in [0.29, 0.717) is 0 Å². The predicted molar refractivity (Wildman–Crippen MR) is 35.7 cm³/mol. The first-order valence-corrected chi connectivity index (χ1v) is 8.94. The number of hydrogen-bond donors (Lipinski definition) is 0. The van der Waals surface area contributed by atoms with Crippen molar-refractivity contribution in [1.82, 2.24) is 0 Å². The van der Waals surface area contributed by atoms with Crippen molar-refractivity contribution in [1.29, 1.82) is 0 Å². The van der Waals surface area contributed by atoms with Gasteiger partial charge in [0.15, 0.2) is 0 Å². The minimum atomic E-state index is -5.16. The van der Waals surface area contributed by atoms with Crippen LogP contribution in [0.25, 0.3) is 0 Å². The van der Waals surface area contributed by atoms with Gasteiger partial charge in [-0.05, 0) is 0 Å². The molecule has 0 fully saturated rings. The van der Waals surface area contributed by atoms with Crippen molar-refractivity contribution < 1.29 is 53.0 Å². The fraction of sp³-hybridized carbons (Fsp3) is 1.00. The van der Waals surface area contributed by atoms with Gasteiger partial charge in [0.25, 0.3) is 0 Å². The van der Waals surface area contributed by atoms with Crippen LogP contribution in [0.5, 0.6) is 0 Å². The van der Waals surface area contributed by atoms with Crippen molar-refractivity contribution in [3.8, 4) is 0 Å². The Bertz CT molecular complexity index is 335. The van der Waals surface area contributed by atoms with E-state index in [4.69, 9.17) is 0 Å². The predicted octanol–water partition coefficient (Wildman–Crippen LogP) is -0.663. The summed E-state index contributed by atoms with van der Waals surface area (Å²) in [4.78, 5) is 31.3. The molecule has 0 radical (unpaired) electrons. The Morgan fingerprint density at radius 1 is 0.706 bits per heavy atom. The molecule has 0 unspecified atom stereocenters. The van der Waals surface area contributed by atoms with Crippen LogP contribution < -0.4 is 0 Å². The van der Waals surface area contributed by atoms with E-state index in [-0.39, 0.29) is 0 Å². The van der Waals surface area contributed by atoms with Crippen molar-refractivity contribution >= 4 is 0 Å². The van der Waals surface area contributed by atoms with Gasteiger partial charge in [0.2, 0.25) is 0 Å². The summed E-state index contributed by atoms with van der Waals surface area (Å²) in [5.41, 5.74) is 0. The molecule has 92 valence electrons. The number of nitrogens with zero attached hydrogens (tertiary/aromatic N) is 4. The average Bonchev–Trinajstić information content (AvgIpc) is 2.15. The van der Waals surface area contributed by atoms with Gasteiger partial charge < -0.3 is 0 Å². The van der Waals surface area contributed by atoms with Gasteiger partial charge in [-0.1, -0.05) is 0 Å². The van der Waals surface area contributed by atoms with Crippen molar-refractivity contribution in [3.63, 3.8) is 0 Å². The molecule has 0 rings (SSSR count). The van der Waals surface area contributed by atoms with Gasteiger partial charge in [-0.2, -0.15) is 0 Å². The molecule has 0 aliphatic rings. The molecule has 0 bridgehead atoms. The van der Waals surface area contributed by atoms with Crippen LogP contribution in [0.15, 0.2) is 0 Å². The molecule has 0 aromatic heterocycles. The third kappa shape index (κ3) is 2.74. The van der Waals surface area contributed by atoms with Crippen LogP contribution in [0.2, 0.25) is 0 Å². The number of nitro groups is 4. The summed E-state index contributed by atoms with van der Waals surface area (Å²) in [6.07, 6.45) is 0. The normalized spacial score (nSPS) is 11.4. The maximum atomic E-state index is 13.1. The zero-order valence-corrected chi connectivity index (χ0v) is 13.0. The Hall–Kier alpha value is -1.60. The van der Waals surface area contributed by atoms with E-state index in [1.54, 1.807) is 0 Å². The molecular weight excluding hydrogens is 447 g/mol. The van der Waals surface area contributed by atoms with E-state index >= 15 is 0 Å². The monoisotopic (exact) mass is 448 g/mol. The Morgan fingerprint density at radius 2 is 0.882 bits per heavy atom. The molecule has 0 aliphatic heterocycles. The Labute approximate surface area is 101 Å². The van der Waals surface area contributed by atoms with Gasteiger partial charge in [0.1, 0.15) is 0 Å². The Morgan fingerprint density at radius 3 is 1.00 bits per heavy atom. The Balaban J connectivity index is 5.53. The van der Waals surface area contributed by atoms with E-state index in [9.17, 15) is 49.2 Å². The molecule has 0 saturated carbocycles. The molecule has 0 saturated heterocycles. The summed E-state index contributed by atoms with van der Waals surface area (Å²) in [5, 5.41) is 40.1. The van der Waals surface area contributed by atoms with E-state index in [0.717, 1.165) is 0 Å². The van der Waals surface area contributed by atoms with E-state index in [1.165, 1.54) is 0 Å². The molecular formula is C2F2HgN4O8. The van der Waals surface area contributed by atoms with Crippen molar-refractivity contribution in [2.45, 2.75) is 6.85 Å². The van der Waals surface area contributed by atoms with Gasteiger partial charge >= 0.3 is 100 Å². The first-order chi connectivity index (χ1) is 7.48. The second kappa shape index (κ2) is 4.72. The van der Waals surface area contributed by atoms with E-state index in [1.807, 2.05) is 0 Å². The van der Waals surface area contributed by atoms with Crippen LogP contribution in [0.4, 0.5) is 8.78 Å². The van der Waals surface area contributed by atoms with Crippen LogP contribution in [-0.4, -0.2) is 26.5 Å². The minimum absolute atomic E-state index is 2.20. The van der Waals surface area contributed by atoms with Crippen molar-refractivity contribution in [2.24, 2.45) is 0 Å². The third-order valence-corrected chi connectivity index (χ3v) is 9.08. The molecule has 0 atom stereocenters. The molecule has 0 heterocycles. The summed E-state index contributed by atoms with van der Waals surface area (Å²) in [6.45, 7) is 0. The summed E-state index contributed by atoms with van der Waals surface area (Å²) in [7, 11) is 0. The number of rotatable bonds is 6. The quantitative estimate of drug-likeness (QED) is 0.170. The van der Waals surface area contributed by atoms with Crippen LogP contribution in [0, 0.1) is 40.5 Å². The van der Waals surface area contributed by atoms with Gasteiger partial charge in [0.05, 0.1) is 0 Å². The van der Waals surface area contributed by atoms with E-state index < -0.39 is 51.1 Å². The molecule has 0 spiro atoms. The van der Waals surface area contributed by atoms with Gasteiger partial charge in [-0.3, -0.25) is 0 Å². The summed E-state index contributed by atoms with van der Waals surface area (Å²) in [5.74, 6) is 0. The maximum absolute atomic E-state index is 13.1. The molecule has 0 N–H and O–H groups in total. The Kier molecular flexibility index (Phi) is 4.27. The summed E-state index contributed by atoms with van der Waals surface area (Å²) in [6, 6.07) is 0. The fourth-order valence-electron chi connectivity index (χ4n) is 0.678. The standard InChI is InChI=1S/2CFN2O4.Hg/c2*2-1(3(5)6)4(7)8;. The third-order valence-electron chi connectivity index (χ3n) is 1.57. The summed E-state index contributed by atoms with van der Waals surface area (Å²) < 4.78 is 16.9. The van der Waals surface area contributed by atoms with Crippen molar-refractivity contribution in [2.75, 3.05) is 0 Å². The molecule has 0 aromatic carbocycles. The second-order valence-corrected chi connectivity index (χ2v) is 11.0. The molecule has 0 aromatic rings. The number of halogens is 2. The van der Waals surface area contributed by atoms with Crippen LogP contribution in [0.1, 0.15) is 0 Å². The average molecular weight is 447 g/mol. The molecule has 15 heteroatoms. The fourth-order valence-corrected chi connectivity index (χ4v) is 4.91. The number of alkyl halides is 2. The van der Waals surface area contributed by atoms with Crippen LogP contribution in [-0.2, 0) is 24.6 Å². The molecule has 12 nitrogen and oxygen atoms in total. The first kappa shape index (κ1) is 15.4. The number of hydrogen-bond acceptors (Lipinski definition) is 8. The zero-order valence-electron chi connectivity index (χ0n) is 7.52. The second-order valence-electron chi connectivity index (χ2n) is 2.64.